The Morgan fingerprint density at radius 1 is 0.828 bits per heavy atom. The zero-order valence-corrected chi connectivity index (χ0v) is 17.4. The smallest absolute Gasteiger partial charge is 0.270 e. The van der Waals surface area contributed by atoms with E-state index in [4.69, 9.17) is 0 Å². The number of halogens is 1. The summed E-state index contributed by atoms with van der Waals surface area (Å²) in [5, 5.41) is 4.41. The van der Waals surface area contributed by atoms with Gasteiger partial charge < -0.3 is 0 Å². The fraction of sp³-hybridized carbons (Fsp3) is 0.333. The van der Waals surface area contributed by atoms with Crippen LogP contribution in [-0.4, -0.2) is 27.8 Å². The highest BCUT2D eigenvalue weighted by Crippen LogP contribution is 2.21. The lowest BCUT2D eigenvalue weighted by atomic mass is 10.0. The first-order chi connectivity index (χ1) is 13.8. The van der Waals surface area contributed by atoms with Crippen molar-refractivity contribution < 1.29 is 0 Å². The second-order valence-electron chi connectivity index (χ2n) is 7.58. The molecule has 1 saturated heterocycles. The van der Waals surface area contributed by atoms with Crippen LogP contribution in [0.1, 0.15) is 35.6 Å². The lowest BCUT2D eigenvalue weighted by molar-refractivity contribution is 0.170. The topological polar surface area (TPSA) is 38.1 Å². The van der Waals surface area contributed by atoms with Gasteiger partial charge in [-0.2, -0.15) is 5.10 Å². The maximum atomic E-state index is 12.9. The molecule has 0 N–H and O–H groups in total. The maximum Gasteiger partial charge on any atom is 0.270 e. The Hall–Kier alpha value is -2.43. The van der Waals surface area contributed by atoms with Crippen LogP contribution in [0.15, 0.2) is 77.7 Å². The van der Waals surface area contributed by atoms with Crippen molar-refractivity contribution in [3.05, 3.63) is 100.0 Å². The number of piperidine rings is 1. The molecule has 5 heteroatoms. The monoisotopic (exact) mass is 409 g/mol. The minimum Gasteiger partial charge on any atom is -0.299 e. The van der Waals surface area contributed by atoms with Crippen LogP contribution in [0.5, 0.6) is 0 Å². The quantitative estimate of drug-likeness (QED) is 0.609. The summed E-state index contributed by atoms with van der Waals surface area (Å²) in [6, 6.07) is 23.0. The number of nitrogens with zero attached hydrogens (tertiary/aromatic N) is 3. The summed E-state index contributed by atoms with van der Waals surface area (Å²) in [5.74, 6) is 0. The van der Waals surface area contributed by atoms with Crippen molar-refractivity contribution in [1.29, 1.82) is 0 Å². The van der Waals surface area contributed by atoms with Crippen molar-refractivity contribution >= 4 is 12.4 Å². The van der Waals surface area contributed by atoms with Crippen LogP contribution in [-0.2, 0) is 19.4 Å². The van der Waals surface area contributed by atoms with Gasteiger partial charge in [0.2, 0.25) is 0 Å². The van der Waals surface area contributed by atoms with Gasteiger partial charge in [0.25, 0.3) is 5.56 Å². The highest BCUT2D eigenvalue weighted by atomic mass is 35.5. The van der Waals surface area contributed by atoms with Crippen molar-refractivity contribution in [1.82, 2.24) is 14.7 Å². The maximum absolute atomic E-state index is 12.9. The Bertz CT molecular complexity index is 935. The fourth-order valence-electron chi connectivity index (χ4n) is 4.00. The average Bonchev–Trinajstić information content (AvgIpc) is 2.75. The molecule has 4 nitrogen and oxygen atoms in total. The first-order valence-corrected chi connectivity index (χ1v) is 10.2. The molecular weight excluding hydrogens is 382 g/mol. The Morgan fingerprint density at radius 3 is 2.10 bits per heavy atom. The van der Waals surface area contributed by atoms with Gasteiger partial charge in [-0.05, 0) is 42.9 Å². The van der Waals surface area contributed by atoms with Crippen LogP contribution in [0.25, 0.3) is 0 Å². The first-order valence-electron chi connectivity index (χ1n) is 10.2. The molecule has 1 aliphatic heterocycles. The van der Waals surface area contributed by atoms with E-state index >= 15 is 0 Å². The summed E-state index contributed by atoms with van der Waals surface area (Å²) in [4.78, 5) is 15.4. The molecule has 4 rings (SSSR count). The van der Waals surface area contributed by atoms with Crippen LogP contribution < -0.4 is 5.56 Å². The zero-order chi connectivity index (χ0) is 19.2. The van der Waals surface area contributed by atoms with E-state index in [2.05, 4.69) is 52.5 Å². The summed E-state index contributed by atoms with van der Waals surface area (Å²) in [6.45, 7) is 2.98. The number of aromatic nitrogens is 2. The molecule has 0 radical (unpaired) electrons. The normalized spacial score (nSPS) is 15.0. The van der Waals surface area contributed by atoms with Gasteiger partial charge in [-0.3, -0.25) is 9.69 Å². The third kappa shape index (κ3) is 5.55. The molecule has 0 amide bonds. The van der Waals surface area contributed by atoms with E-state index in [9.17, 15) is 4.79 Å². The summed E-state index contributed by atoms with van der Waals surface area (Å²) in [6.07, 6.45) is 5.38. The van der Waals surface area contributed by atoms with Crippen LogP contribution in [0, 0.1) is 0 Å². The fourth-order valence-corrected chi connectivity index (χ4v) is 4.00. The second-order valence-corrected chi connectivity index (χ2v) is 7.58. The Kier molecular flexibility index (Phi) is 7.62. The Morgan fingerprint density at radius 2 is 1.45 bits per heavy atom. The highest BCUT2D eigenvalue weighted by Gasteiger charge is 2.22. The molecule has 1 fully saturated rings. The standard InChI is InChI=1S/C24H27N3O.ClH/c28-24-22(12-11-20-7-3-1-4-8-20)13-16-25-27(24)23-14-17-26(18-15-23)19-21-9-5-2-6-10-21;/h1-10,13,16,23H,11-12,14-15,17-19H2;1H. The number of likely N-dealkylation sites (tertiary alicyclic amines) is 1. The van der Waals surface area contributed by atoms with E-state index in [1.54, 1.807) is 10.9 Å². The highest BCUT2D eigenvalue weighted by molar-refractivity contribution is 5.85. The van der Waals surface area contributed by atoms with Gasteiger partial charge in [0.1, 0.15) is 0 Å². The van der Waals surface area contributed by atoms with Crippen molar-refractivity contribution in [3.63, 3.8) is 0 Å². The Labute approximate surface area is 178 Å². The lowest BCUT2D eigenvalue weighted by Gasteiger charge is -2.32. The van der Waals surface area contributed by atoms with Gasteiger partial charge >= 0.3 is 0 Å². The van der Waals surface area contributed by atoms with E-state index in [0.29, 0.717) is 0 Å². The third-order valence-electron chi connectivity index (χ3n) is 5.63. The molecule has 0 aliphatic carbocycles. The van der Waals surface area contributed by atoms with E-state index in [-0.39, 0.29) is 24.0 Å². The van der Waals surface area contributed by atoms with E-state index in [0.717, 1.165) is 50.9 Å². The Balaban J connectivity index is 0.00000240. The largest absolute Gasteiger partial charge is 0.299 e. The van der Waals surface area contributed by atoms with Crippen molar-refractivity contribution in [2.24, 2.45) is 0 Å². The molecule has 0 unspecified atom stereocenters. The number of hydrogen-bond acceptors (Lipinski definition) is 3. The summed E-state index contributed by atoms with van der Waals surface area (Å²) < 4.78 is 1.74. The van der Waals surface area contributed by atoms with Crippen molar-refractivity contribution in [2.45, 2.75) is 38.3 Å². The van der Waals surface area contributed by atoms with Crippen molar-refractivity contribution in [3.8, 4) is 0 Å². The van der Waals surface area contributed by atoms with E-state index in [1.807, 2.05) is 24.3 Å². The number of benzene rings is 2. The van der Waals surface area contributed by atoms with Gasteiger partial charge in [0, 0.05) is 31.4 Å². The molecule has 29 heavy (non-hydrogen) atoms. The molecule has 1 aliphatic rings. The average molecular weight is 410 g/mol. The zero-order valence-electron chi connectivity index (χ0n) is 16.6. The molecular formula is C24H28ClN3O. The van der Waals surface area contributed by atoms with Gasteiger partial charge in [-0.1, -0.05) is 60.7 Å². The van der Waals surface area contributed by atoms with Gasteiger partial charge in [0.15, 0.2) is 0 Å². The van der Waals surface area contributed by atoms with Crippen LogP contribution in [0.2, 0.25) is 0 Å². The third-order valence-corrected chi connectivity index (χ3v) is 5.63. The molecule has 2 aromatic carbocycles. The summed E-state index contributed by atoms with van der Waals surface area (Å²) in [5.41, 5.74) is 3.56. The van der Waals surface area contributed by atoms with Crippen LogP contribution in [0.3, 0.4) is 0 Å². The van der Waals surface area contributed by atoms with Gasteiger partial charge in [0.05, 0.1) is 6.04 Å². The summed E-state index contributed by atoms with van der Waals surface area (Å²) in [7, 11) is 0. The van der Waals surface area contributed by atoms with Gasteiger partial charge in [-0.15, -0.1) is 12.4 Å². The predicted octanol–water partition coefficient (Wildman–Crippen LogP) is 4.29. The number of hydrogen-bond donors (Lipinski definition) is 0. The molecule has 2 heterocycles. The van der Waals surface area contributed by atoms with E-state index < -0.39 is 0 Å². The van der Waals surface area contributed by atoms with Crippen molar-refractivity contribution in [2.75, 3.05) is 13.1 Å². The molecule has 152 valence electrons. The SMILES string of the molecule is Cl.O=c1c(CCc2ccccc2)ccnn1C1CCN(Cc2ccccc2)CC1. The number of aryl methyl sites for hydroxylation is 2. The number of rotatable bonds is 6. The van der Waals surface area contributed by atoms with Crippen LogP contribution in [0.4, 0.5) is 0 Å². The molecule has 1 aromatic heterocycles. The minimum atomic E-state index is 0. The predicted molar refractivity (Wildman–Crippen MR) is 120 cm³/mol. The molecule has 0 saturated carbocycles. The molecule has 0 spiro atoms. The van der Waals surface area contributed by atoms with Crippen LogP contribution >= 0.6 is 12.4 Å². The second kappa shape index (κ2) is 10.4. The minimum absolute atomic E-state index is 0. The first kappa shape index (κ1) is 21.3. The van der Waals surface area contributed by atoms with Gasteiger partial charge in [-0.25, -0.2) is 4.68 Å². The molecule has 0 bridgehead atoms. The summed E-state index contributed by atoms with van der Waals surface area (Å²) >= 11 is 0. The van der Waals surface area contributed by atoms with E-state index in [1.165, 1.54) is 11.1 Å². The molecule has 0 atom stereocenters. The lowest BCUT2D eigenvalue weighted by Crippen LogP contribution is -2.38. The molecule has 3 aromatic rings.